The fourth-order valence-corrected chi connectivity index (χ4v) is 3.15. The number of hydrogen-bond acceptors (Lipinski definition) is 3. The Kier molecular flexibility index (Phi) is 6.09. The van der Waals surface area contributed by atoms with Gasteiger partial charge in [-0.15, -0.1) is 0 Å². The molecule has 1 amide bonds. The highest BCUT2D eigenvalue weighted by Crippen LogP contribution is 2.32. The summed E-state index contributed by atoms with van der Waals surface area (Å²) in [6, 6.07) is 18.7. The molecule has 0 atom stereocenters. The third kappa shape index (κ3) is 4.39. The molecule has 0 spiro atoms. The zero-order chi connectivity index (χ0) is 20.1. The molecular formula is C24H25NO3. The molecule has 0 radical (unpaired) electrons. The predicted octanol–water partition coefficient (Wildman–Crippen LogP) is 5.07. The lowest BCUT2D eigenvalue weighted by Gasteiger charge is -2.09. The van der Waals surface area contributed by atoms with Crippen LogP contribution in [0.15, 0.2) is 65.1 Å². The van der Waals surface area contributed by atoms with E-state index in [9.17, 15) is 9.59 Å². The van der Waals surface area contributed by atoms with Crippen molar-refractivity contribution in [1.29, 1.82) is 0 Å². The lowest BCUT2D eigenvalue weighted by atomic mass is 9.96. The number of Topliss-reactive ketones (excluding diaryl/α,β-unsaturated/α-hetero) is 1. The number of furan rings is 1. The SMILES string of the molecule is Cc1oc(-c2ccccc2)c(CC(=O)c2ccccc2)c1C(=O)NCC(C)C. The van der Waals surface area contributed by atoms with Crippen LogP contribution in [-0.2, 0) is 6.42 Å². The molecule has 0 aliphatic carbocycles. The van der Waals surface area contributed by atoms with Gasteiger partial charge in [0.25, 0.3) is 5.91 Å². The molecule has 28 heavy (non-hydrogen) atoms. The number of carbonyl (C=O) groups excluding carboxylic acids is 2. The molecule has 1 N–H and O–H groups in total. The number of hydrogen-bond donors (Lipinski definition) is 1. The smallest absolute Gasteiger partial charge is 0.255 e. The zero-order valence-corrected chi connectivity index (χ0v) is 16.5. The van der Waals surface area contributed by atoms with Crippen LogP contribution in [0.4, 0.5) is 0 Å². The van der Waals surface area contributed by atoms with Crippen molar-refractivity contribution in [2.24, 2.45) is 5.92 Å². The van der Waals surface area contributed by atoms with Gasteiger partial charge in [-0.2, -0.15) is 0 Å². The Balaban J connectivity index is 2.03. The number of benzene rings is 2. The molecule has 1 heterocycles. The Hall–Kier alpha value is -3.14. The average Bonchev–Trinajstić information content (AvgIpc) is 3.03. The lowest BCUT2D eigenvalue weighted by molar-refractivity contribution is 0.0946. The second-order valence-electron chi connectivity index (χ2n) is 7.28. The second kappa shape index (κ2) is 8.70. The molecule has 4 nitrogen and oxygen atoms in total. The van der Waals surface area contributed by atoms with Crippen molar-refractivity contribution in [3.8, 4) is 11.3 Å². The number of ketones is 1. The van der Waals surface area contributed by atoms with E-state index in [0.717, 1.165) is 5.56 Å². The topological polar surface area (TPSA) is 59.3 Å². The van der Waals surface area contributed by atoms with Gasteiger partial charge in [-0.1, -0.05) is 74.5 Å². The highest BCUT2D eigenvalue weighted by Gasteiger charge is 2.26. The molecule has 2 aromatic carbocycles. The fraction of sp³-hybridized carbons (Fsp3) is 0.250. The quantitative estimate of drug-likeness (QED) is 0.587. The minimum absolute atomic E-state index is 0.0449. The molecule has 0 fully saturated rings. The first-order valence-corrected chi connectivity index (χ1v) is 9.51. The highest BCUT2D eigenvalue weighted by molar-refractivity contribution is 6.03. The van der Waals surface area contributed by atoms with E-state index in [-0.39, 0.29) is 18.1 Å². The fourth-order valence-electron chi connectivity index (χ4n) is 3.15. The third-order valence-corrected chi connectivity index (χ3v) is 4.55. The van der Waals surface area contributed by atoms with E-state index in [4.69, 9.17) is 4.42 Å². The third-order valence-electron chi connectivity index (χ3n) is 4.55. The van der Waals surface area contributed by atoms with E-state index < -0.39 is 0 Å². The number of amides is 1. The number of nitrogens with one attached hydrogen (secondary N) is 1. The molecule has 4 heteroatoms. The van der Waals surface area contributed by atoms with E-state index >= 15 is 0 Å². The van der Waals surface area contributed by atoms with Gasteiger partial charge in [-0.3, -0.25) is 9.59 Å². The summed E-state index contributed by atoms with van der Waals surface area (Å²) < 4.78 is 5.98. The van der Waals surface area contributed by atoms with Gasteiger partial charge in [0.05, 0.1) is 5.56 Å². The van der Waals surface area contributed by atoms with Gasteiger partial charge >= 0.3 is 0 Å². The molecule has 144 valence electrons. The van der Waals surface area contributed by atoms with Crippen molar-refractivity contribution < 1.29 is 14.0 Å². The molecule has 0 bridgehead atoms. The van der Waals surface area contributed by atoms with Gasteiger partial charge < -0.3 is 9.73 Å². The predicted molar refractivity (Wildman–Crippen MR) is 111 cm³/mol. The summed E-state index contributed by atoms with van der Waals surface area (Å²) in [6.45, 7) is 6.42. The molecule has 0 aliphatic heterocycles. The summed E-state index contributed by atoms with van der Waals surface area (Å²) in [4.78, 5) is 25.7. The molecule has 3 aromatic rings. The van der Waals surface area contributed by atoms with Crippen LogP contribution in [0, 0.1) is 12.8 Å². The van der Waals surface area contributed by atoms with Crippen molar-refractivity contribution in [3.63, 3.8) is 0 Å². The van der Waals surface area contributed by atoms with Gasteiger partial charge in [-0.25, -0.2) is 0 Å². The maximum Gasteiger partial charge on any atom is 0.255 e. The van der Waals surface area contributed by atoms with Crippen LogP contribution in [0.1, 0.15) is 45.9 Å². The highest BCUT2D eigenvalue weighted by atomic mass is 16.3. The van der Waals surface area contributed by atoms with Crippen LogP contribution in [0.3, 0.4) is 0 Å². The summed E-state index contributed by atoms with van der Waals surface area (Å²) >= 11 is 0. The molecule has 0 saturated carbocycles. The van der Waals surface area contributed by atoms with E-state index in [0.29, 0.717) is 40.7 Å². The summed E-state index contributed by atoms with van der Waals surface area (Å²) in [5.41, 5.74) is 2.57. The first-order chi connectivity index (χ1) is 13.5. The summed E-state index contributed by atoms with van der Waals surface area (Å²) in [5, 5.41) is 2.95. The standard InChI is InChI=1S/C24H25NO3/c1-16(2)15-25-24(27)22-17(3)28-23(19-12-8-5-9-13-19)20(22)14-21(26)18-10-6-4-7-11-18/h4-13,16H,14-15H2,1-3H3,(H,25,27). The van der Waals surface area contributed by atoms with Crippen LogP contribution in [0.25, 0.3) is 11.3 Å². The van der Waals surface area contributed by atoms with Crippen molar-refractivity contribution in [1.82, 2.24) is 5.32 Å². The Morgan fingerprint density at radius 1 is 0.964 bits per heavy atom. The summed E-state index contributed by atoms with van der Waals surface area (Å²) in [6.07, 6.45) is 0.107. The number of aryl methyl sites for hydroxylation is 1. The Labute approximate surface area is 165 Å². The van der Waals surface area contributed by atoms with E-state index in [1.807, 2.05) is 62.4 Å². The first kappa shape index (κ1) is 19.6. The Morgan fingerprint density at radius 2 is 1.57 bits per heavy atom. The number of carbonyl (C=O) groups is 2. The first-order valence-electron chi connectivity index (χ1n) is 9.51. The minimum Gasteiger partial charge on any atom is -0.460 e. The largest absolute Gasteiger partial charge is 0.460 e. The molecule has 0 unspecified atom stereocenters. The monoisotopic (exact) mass is 375 g/mol. The van der Waals surface area contributed by atoms with E-state index in [1.54, 1.807) is 19.1 Å². The van der Waals surface area contributed by atoms with Gasteiger partial charge in [0.2, 0.25) is 0 Å². The van der Waals surface area contributed by atoms with Crippen LogP contribution >= 0.6 is 0 Å². The second-order valence-corrected chi connectivity index (χ2v) is 7.28. The van der Waals surface area contributed by atoms with Crippen LogP contribution < -0.4 is 5.32 Å². The average molecular weight is 375 g/mol. The molecule has 1 aromatic heterocycles. The van der Waals surface area contributed by atoms with Gasteiger partial charge in [0, 0.05) is 29.7 Å². The van der Waals surface area contributed by atoms with E-state index in [1.165, 1.54) is 0 Å². The van der Waals surface area contributed by atoms with Crippen molar-refractivity contribution in [2.45, 2.75) is 27.2 Å². The molecule has 0 aliphatic rings. The Morgan fingerprint density at radius 3 is 2.18 bits per heavy atom. The number of rotatable bonds is 7. The lowest BCUT2D eigenvalue weighted by Crippen LogP contribution is -2.28. The molecular weight excluding hydrogens is 350 g/mol. The maximum absolute atomic E-state index is 12.9. The van der Waals surface area contributed by atoms with Crippen LogP contribution in [0.5, 0.6) is 0 Å². The maximum atomic E-state index is 12.9. The van der Waals surface area contributed by atoms with Gasteiger partial charge in [-0.05, 0) is 12.8 Å². The summed E-state index contributed by atoms with van der Waals surface area (Å²) in [5.74, 6) is 1.19. The van der Waals surface area contributed by atoms with Gasteiger partial charge in [0.15, 0.2) is 5.78 Å². The zero-order valence-electron chi connectivity index (χ0n) is 16.5. The molecule has 3 rings (SSSR count). The minimum atomic E-state index is -0.201. The van der Waals surface area contributed by atoms with Crippen LogP contribution in [0.2, 0.25) is 0 Å². The van der Waals surface area contributed by atoms with Crippen LogP contribution in [-0.4, -0.2) is 18.2 Å². The van der Waals surface area contributed by atoms with Crippen molar-refractivity contribution in [2.75, 3.05) is 6.54 Å². The van der Waals surface area contributed by atoms with Crippen molar-refractivity contribution in [3.05, 3.63) is 83.1 Å². The summed E-state index contributed by atoms with van der Waals surface area (Å²) in [7, 11) is 0. The normalized spacial score (nSPS) is 10.9. The van der Waals surface area contributed by atoms with Crippen molar-refractivity contribution >= 4 is 11.7 Å². The van der Waals surface area contributed by atoms with E-state index in [2.05, 4.69) is 5.32 Å². The molecule has 0 saturated heterocycles. The Bertz CT molecular complexity index is 956. The van der Waals surface area contributed by atoms with Gasteiger partial charge in [0.1, 0.15) is 11.5 Å².